The topological polar surface area (TPSA) is 36.9 Å². The fourth-order valence-corrected chi connectivity index (χ4v) is 20.2. The Morgan fingerprint density at radius 2 is 0.722 bits per heavy atom. The molecule has 0 saturated carbocycles. The first-order valence-electron chi connectivity index (χ1n) is 19.6. The van der Waals surface area contributed by atoms with Gasteiger partial charge in [0, 0.05) is 0 Å². The Hall–Kier alpha value is 0.360. The predicted molar refractivity (Wildman–Crippen MR) is 258 cm³/mol. The van der Waals surface area contributed by atoms with E-state index >= 15 is 0 Å². The van der Waals surface area contributed by atoms with Crippen LogP contribution in [0.25, 0.3) is 21.9 Å². The molecule has 2 aromatic rings. The van der Waals surface area contributed by atoms with E-state index < -0.39 is 0 Å². The van der Waals surface area contributed by atoms with Crippen LogP contribution in [0.4, 0.5) is 0 Å². The second-order valence-corrected chi connectivity index (χ2v) is 25.3. The van der Waals surface area contributed by atoms with Gasteiger partial charge in [0.2, 0.25) is 0 Å². The Kier molecular flexibility index (Phi) is 19.4. The van der Waals surface area contributed by atoms with Crippen molar-refractivity contribution in [3.63, 3.8) is 0 Å². The molecule has 2 aromatic heterocycles. The Morgan fingerprint density at radius 3 is 1.02 bits per heavy atom. The van der Waals surface area contributed by atoms with E-state index in [1.54, 1.807) is 22.7 Å². The number of hydrogen-bond donors (Lipinski definition) is 0. The lowest BCUT2D eigenvalue weighted by atomic mass is 10.2. The zero-order chi connectivity index (χ0) is 37.5. The predicted octanol–water partition coefficient (Wildman–Crippen LogP) is 16.5. The van der Waals surface area contributed by atoms with Gasteiger partial charge >= 0.3 is 0 Å². The van der Waals surface area contributed by atoms with Gasteiger partial charge in [-0.3, -0.25) is 0 Å². The summed E-state index contributed by atoms with van der Waals surface area (Å²) in [5, 5.41) is 0. The van der Waals surface area contributed by atoms with Gasteiger partial charge in [0.05, 0.1) is 44.9 Å². The SMILES string of the molecule is CCCCCSC1=C(SCCCCC)SC(=Cc2sc(-c3sc(C=C4SC(SCCCCC)=C(SCCCCC)S4)c4c3OCCO4)c3c2OCCO3)S1. The van der Waals surface area contributed by atoms with Crippen LogP contribution in [0.5, 0.6) is 23.0 Å². The summed E-state index contributed by atoms with van der Waals surface area (Å²) in [6.45, 7) is 11.4. The standard InChI is InChI=1S/C40H54O4S10/c1-5-9-13-21-45-37-38(46-22-14-10-6-2)52-29(51-37)25-27-31-33(43-19-17-41-31)35(49-27)36-34-32(42-18-20-44-34)28(50-36)26-30-53-39(47-23-15-11-7-3)40(54-30)48-24-16-12-8-4/h25-26H,5-24H2,1-4H3. The van der Waals surface area contributed by atoms with Crippen LogP contribution >= 0.6 is 117 Å². The van der Waals surface area contributed by atoms with Crippen molar-refractivity contribution in [2.45, 2.75) is 105 Å². The van der Waals surface area contributed by atoms with E-state index in [0.717, 1.165) is 42.5 Å². The lowest BCUT2D eigenvalue weighted by Crippen LogP contribution is -2.15. The molecule has 0 radical (unpaired) electrons. The Balaban J connectivity index is 1.25. The highest BCUT2D eigenvalue weighted by Crippen LogP contribution is 2.63. The second-order valence-electron chi connectivity index (χ2n) is 13.0. The van der Waals surface area contributed by atoms with E-state index in [4.69, 9.17) is 18.9 Å². The van der Waals surface area contributed by atoms with Crippen molar-refractivity contribution in [3.8, 4) is 32.8 Å². The van der Waals surface area contributed by atoms with Crippen LogP contribution in [-0.2, 0) is 0 Å². The van der Waals surface area contributed by atoms with Crippen LogP contribution in [0.15, 0.2) is 25.4 Å². The summed E-state index contributed by atoms with van der Waals surface area (Å²) in [4.78, 5) is 4.42. The number of unbranched alkanes of at least 4 members (excludes halogenated alkanes) is 8. The molecule has 0 saturated heterocycles. The van der Waals surface area contributed by atoms with Crippen molar-refractivity contribution in [1.29, 1.82) is 0 Å². The van der Waals surface area contributed by atoms with Gasteiger partial charge in [0.1, 0.15) is 26.4 Å². The monoisotopic (exact) mass is 918 g/mol. The fourth-order valence-electron chi connectivity index (χ4n) is 5.76. The van der Waals surface area contributed by atoms with Crippen LogP contribution in [0.3, 0.4) is 0 Å². The Labute approximate surface area is 366 Å². The minimum Gasteiger partial charge on any atom is -0.485 e. The summed E-state index contributed by atoms with van der Waals surface area (Å²) < 4.78 is 34.2. The molecular weight excluding hydrogens is 865 g/mol. The average Bonchev–Trinajstić information content (AvgIpc) is 3.96. The highest BCUT2D eigenvalue weighted by Gasteiger charge is 2.33. The van der Waals surface area contributed by atoms with Gasteiger partial charge in [-0.25, -0.2) is 0 Å². The van der Waals surface area contributed by atoms with Crippen LogP contribution in [0.2, 0.25) is 0 Å². The van der Waals surface area contributed by atoms with Crippen LogP contribution in [-0.4, -0.2) is 49.4 Å². The van der Waals surface area contributed by atoms with Crippen molar-refractivity contribution in [2.75, 3.05) is 49.4 Å². The van der Waals surface area contributed by atoms with Crippen LogP contribution in [0.1, 0.15) is 114 Å². The largest absolute Gasteiger partial charge is 0.485 e. The number of fused-ring (bicyclic) bond motifs is 2. The maximum Gasteiger partial charge on any atom is 0.181 e. The molecule has 0 N–H and O–H groups in total. The summed E-state index contributed by atoms with van der Waals surface area (Å²) in [6.07, 6.45) is 20.0. The smallest absolute Gasteiger partial charge is 0.181 e. The van der Waals surface area contributed by atoms with Crippen molar-refractivity contribution in [3.05, 3.63) is 35.2 Å². The third kappa shape index (κ3) is 12.2. The maximum absolute atomic E-state index is 6.42. The summed E-state index contributed by atoms with van der Waals surface area (Å²) in [6, 6.07) is 0. The van der Waals surface area contributed by atoms with E-state index in [-0.39, 0.29) is 0 Å². The molecule has 298 valence electrons. The molecule has 4 nitrogen and oxygen atoms in total. The van der Waals surface area contributed by atoms with Crippen molar-refractivity contribution in [1.82, 2.24) is 0 Å². The molecule has 0 spiro atoms. The average molecular weight is 920 g/mol. The summed E-state index contributed by atoms with van der Waals surface area (Å²) in [5.74, 6) is 8.19. The lowest BCUT2D eigenvalue weighted by Gasteiger charge is -2.18. The third-order valence-electron chi connectivity index (χ3n) is 8.58. The number of ether oxygens (including phenoxy) is 4. The normalized spacial score (nSPS) is 16.7. The third-order valence-corrected chi connectivity index (χ3v) is 22.1. The molecule has 14 heteroatoms. The highest BCUT2D eigenvalue weighted by molar-refractivity contribution is 8.41. The highest BCUT2D eigenvalue weighted by atomic mass is 32.3. The van der Waals surface area contributed by atoms with Gasteiger partial charge in [-0.1, -0.05) is 126 Å². The van der Waals surface area contributed by atoms with Gasteiger partial charge in [0.25, 0.3) is 0 Å². The van der Waals surface area contributed by atoms with Crippen molar-refractivity contribution in [2.24, 2.45) is 0 Å². The fraction of sp³-hybridized carbons (Fsp3) is 0.600. The van der Waals surface area contributed by atoms with E-state index in [9.17, 15) is 0 Å². The molecule has 6 rings (SSSR count). The molecule has 0 aromatic carbocycles. The van der Waals surface area contributed by atoms with Crippen molar-refractivity contribution >= 4 is 129 Å². The molecule has 0 aliphatic carbocycles. The Bertz CT molecular complexity index is 1480. The van der Waals surface area contributed by atoms with E-state index in [1.807, 2.05) is 94.1 Å². The van der Waals surface area contributed by atoms with E-state index in [1.165, 1.54) is 125 Å². The molecule has 4 aliphatic heterocycles. The van der Waals surface area contributed by atoms with E-state index in [2.05, 4.69) is 39.8 Å². The molecule has 54 heavy (non-hydrogen) atoms. The maximum atomic E-state index is 6.42. The number of thioether (sulfide) groups is 8. The van der Waals surface area contributed by atoms with E-state index in [0.29, 0.717) is 26.4 Å². The summed E-state index contributed by atoms with van der Waals surface area (Å²) in [5.41, 5.74) is 0. The van der Waals surface area contributed by atoms with Gasteiger partial charge in [-0.05, 0) is 60.8 Å². The van der Waals surface area contributed by atoms with Crippen LogP contribution in [0, 0.1) is 0 Å². The quantitative estimate of drug-likeness (QED) is 0.0997. The van der Waals surface area contributed by atoms with Crippen LogP contribution < -0.4 is 18.9 Å². The Morgan fingerprint density at radius 1 is 0.426 bits per heavy atom. The molecule has 0 unspecified atom stereocenters. The molecule has 0 fully saturated rings. The second kappa shape index (κ2) is 23.8. The molecule has 0 bridgehead atoms. The molecule has 0 amide bonds. The van der Waals surface area contributed by atoms with Gasteiger partial charge in [-0.2, -0.15) is 0 Å². The number of hydrogen-bond acceptors (Lipinski definition) is 14. The van der Waals surface area contributed by atoms with Crippen molar-refractivity contribution < 1.29 is 18.9 Å². The number of rotatable bonds is 23. The lowest BCUT2D eigenvalue weighted by molar-refractivity contribution is 0.171. The number of thiophene rings is 2. The molecule has 6 heterocycles. The molecule has 0 atom stereocenters. The molecular formula is C40H54O4S10. The molecule has 4 aliphatic rings. The minimum absolute atomic E-state index is 0.549. The first kappa shape index (κ1) is 43.9. The zero-order valence-corrected chi connectivity index (χ0v) is 40.2. The van der Waals surface area contributed by atoms with Gasteiger partial charge in [-0.15, -0.1) is 69.7 Å². The first-order chi connectivity index (χ1) is 26.6. The van der Waals surface area contributed by atoms with Gasteiger partial charge < -0.3 is 18.9 Å². The van der Waals surface area contributed by atoms with Gasteiger partial charge in [0.15, 0.2) is 23.0 Å². The summed E-state index contributed by atoms with van der Waals surface area (Å²) >= 11 is 19.5. The minimum atomic E-state index is 0.549. The first-order valence-corrected chi connectivity index (χ1v) is 28.5. The summed E-state index contributed by atoms with van der Waals surface area (Å²) in [7, 11) is 0. The zero-order valence-electron chi connectivity index (χ0n) is 32.0.